The van der Waals surface area contributed by atoms with E-state index in [1.54, 1.807) is 0 Å². The molecule has 1 aliphatic carbocycles. The molecule has 0 radical (unpaired) electrons. The third-order valence-corrected chi connectivity index (χ3v) is 3.06. The number of aryl methyl sites for hydroxylation is 1. The van der Waals surface area contributed by atoms with Crippen LogP contribution in [0.4, 0.5) is 5.82 Å². The van der Waals surface area contributed by atoms with Crippen LogP contribution in [0.5, 0.6) is 0 Å². The molecule has 0 aliphatic heterocycles. The number of aromatic nitrogens is 2. The van der Waals surface area contributed by atoms with E-state index in [2.05, 4.69) is 28.3 Å². The van der Waals surface area contributed by atoms with Crippen LogP contribution in [0.2, 0.25) is 0 Å². The van der Waals surface area contributed by atoms with Crippen LogP contribution in [-0.2, 0) is 0 Å². The standard InChI is InChI=1S/C14H17N3O/c1-3-15-13-8-11(10-5-6-10)16-14(17-13)12-7-4-9(2)18-12/h4,7-8,10H,3,5-6H2,1-2H3,(H,15,16,17). The van der Waals surface area contributed by atoms with Gasteiger partial charge in [-0.2, -0.15) is 0 Å². The quantitative estimate of drug-likeness (QED) is 0.894. The zero-order valence-corrected chi connectivity index (χ0v) is 10.7. The second kappa shape index (κ2) is 4.44. The lowest BCUT2D eigenvalue weighted by Crippen LogP contribution is -2.03. The molecule has 2 aromatic rings. The summed E-state index contributed by atoms with van der Waals surface area (Å²) in [7, 11) is 0. The highest BCUT2D eigenvalue weighted by Crippen LogP contribution is 2.40. The molecule has 4 heteroatoms. The lowest BCUT2D eigenvalue weighted by molar-refractivity contribution is 0.543. The molecule has 2 heterocycles. The van der Waals surface area contributed by atoms with E-state index in [4.69, 9.17) is 4.42 Å². The molecule has 0 aromatic carbocycles. The van der Waals surface area contributed by atoms with Crippen LogP contribution in [0, 0.1) is 6.92 Å². The summed E-state index contributed by atoms with van der Waals surface area (Å²) in [6, 6.07) is 5.92. The maximum Gasteiger partial charge on any atom is 0.197 e. The highest BCUT2D eigenvalue weighted by atomic mass is 16.3. The Balaban J connectivity index is 2.01. The Kier molecular flexibility index (Phi) is 2.78. The maximum atomic E-state index is 5.61. The van der Waals surface area contributed by atoms with Gasteiger partial charge < -0.3 is 9.73 Å². The Hall–Kier alpha value is -1.84. The fraction of sp³-hybridized carbons (Fsp3) is 0.429. The van der Waals surface area contributed by atoms with E-state index in [9.17, 15) is 0 Å². The van der Waals surface area contributed by atoms with Crippen molar-refractivity contribution >= 4 is 5.82 Å². The molecule has 0 atom stereocenters. The number of hydrogen-bond acceptors (Lipinski definition) is 4. The van der Waals surface area contributed by atoms with Gasteiger partial charge in [-0.3, -0.25) is 0 Å². The van der Waals surface area contributed by atoms with Gasteiger partial charge in [-0.05, 0) is 38.8 Å². The topological polar surface area (TPSA) is 51.0 Å². The first-order chi connectivity index (χ1) is 8.76. The van der Waals surface area contributed by atoms with Crippen molar-refractivity contribution in [3.05, 3.63) is 29.7 Å². The van der Waals surface area contributed by atoms with E-state index in [-0.39, 0.29) is 0 Å². The zero-order chi connectivity index (χ0) is 12.5. The van der Waals surface area contributed by atoms with Crippen LogP contribution in [0.15, 0.2) is 22.6 Å². The molecule has 0 spiro atoms. The number of anilines is 1. The minimum Gasteiger partial charge on any atom is -0.458 e. The van der Waals surface area contributed by atoms with Gasteiger partial charge in [0.05, 0.1) is 0 Å². The van der Waals surface area contributed by atoms with Gasteiger partial charge in [-0.1, -0.05) is 0 Å². The molecule has 4 nitrogen and oxygen atoms in total. The van der Waals surface area contributed by atoms with Crippen LogP contribution >= 0.6 is 0 Å². The van der Waals surface area contributed by atoms with E-state index < -0.39 is 0 Å². The summed E-state index contributed by atoms with van der Waals surface area (Å²) in [5.41, 5.74) is 1.13. The number of hydrogen-bond donors (Lipinski definition) is 1. The predicted molar refractivity (Wildman–Crippen MR) is 70.6 cm³/mol. The van der Waals surface area contributed by atoms with Gasteiger partial charge in [0.2, 0.25) is 0 Å². The van der Waals surface area contributed by atoms with Gasteiger partial charge in [0.25, 0.3) is 0 Å². The van der Waals surface area contributed by atoms with Crippen molar-refractivity contribution in [1.82, 2.24) is 9.97 Å². The first-order valence-electron chi connectivity index (χ1n) is 6.46. The molecular weight excluding hydrogens is 226 g/mol. The molecule has 1 aliphatic rings. The van der Waals surface area contributed by atoms with Crippen molar-refractivity contribution in [1.29, 1.82) is 0 Å². The molecule has 94 valence electrons. The molecule has 0 saturated heterocycles. The van der Waals surface area contributed by atoms with Gasteiger partial charge in [-0.25, -0.2) is 9.97 Å². The number of nitrogens with zero attached hydrogens (tertiary/aromatic N) is 2. The number of nitrogens with one attached hydrogen (secondary N) is 1. The second-order valence-corrected chi connectivity index (χ2v) is 4.72. The third kappa shape index (κ3) is 2.23. The third-order valence-electron chi connectivity index (χ3n) is 3.06. The summed E-state index contributed by atoms with van der Waals surface area (Å²) in [6.45, 7) is 4.85. The van der Waals surface area contributed by atoms with Crippen molar-refractivity contribution in [3.63, 3.8) is 0 Å². The van der Waals surface area contributed by atoms with Crippen LogP contribution in [0.1, 0.15) is 37.1 Å². The van der Waals surface area contributed by atoms with Crippen LogP contribution in [0.3, 0.4) is 0 Å². The first kappa shape index (κ1) is 11.3. The predicted octanol–water partition coefficient (Wildman–Crippen LogP) is 3.35. The van der Waals surface area contributed by atoms with E-state index in [0.29, 0.717) is 11.7 Å². The monoisotopic (exact) mass is 243 g/mol. The van der Waals surface area contributed by atoms with Crippen molar-refractivity contribution in [3.8, 4) is 11.6 Å². The highest BCUT2D eigenvalue weighted by molar-refractivity contribution is 5.52. The fourth-order valence-electron chi connectivity index (χ4n) is 1.99. The summed E-state index contributed by atoms with van der Waals surface area (Å²) in [4.78, 5) is 9.12. The molecule has 0 bridgehead atoms. The van der Waals surface area contributed by atoms with Crippen molar-refractivity contribution in [2.45, 2.75) is 32.6 Å². The average molecular weight is 243 g/mol. The van der Waals surface area contributed by atoms with Gasteiger partial charge >= 0.3 is 0 Å². The van der Waals surface area contributed by atoms with Crippen LogP contribution in [-0.4, -0.2) is 16.5 Å². The first-order valence-corrected chi connectivity index (χ1v) is 6.46. The summed E-state index contributed by atoms with van der Waals surface area (Å²) >= 11 is 0. The summed E-state index contributed by atoms with van der Waals surface area (Å²) < 4.78 is 5.61. The highest BCUT2D eigenvalue weighted by Gasteiger charge is 2.26. The van der Waals surface area contributed by atoms with Crippen molar-refractivity contribution < 1.29 is 4.42 Å². The fourth-order valence-corrected chi connectivity index (χ4v) is 1.99. The van der Waals surface area contributed by atoms with Gasteiger partial charge in [0.15, 0.2) is 11.6 Å². The normalized spacial score (nSPS) is 14.8. The summed E-state index contributed by atoms with van der Waals surface area (Å²) in [5, 5.41) is 3.25. The average Bonchev–Trinajstić information content (AvgIpc) is 3.12. The number of furan rings is 1. The lowest BCUT2D eigenvalue weighted by atomic mass is 10.2. The maximum absolute atomic E-state index is 5.61. The molecule has 2 aromatic heterocycles. The molecule has 3 rings (SSSR count). The van der Waals surface area contributed by atoms with Gasteiger partial charge in [-0.15, -0.1) is 0 Å². The Bertz CT molecular complexity index is 558. The molecule has 18 heavy (non-hydrogen) atoms. The molecule has 1 N–H and O–H groups in total. The second-order valence-electron chi connectivity index (χ2n) is 4.72. The number of rotatable bonds is 4. The van der Waals surface area contributed by atoms with Gasteiger partial charge in [0, 0.05) is 24.2 Å². The van der Waals surface area contributed by atoms with Crippen LogP contribution < -0.4 is 5.32 Å². The smallest absolute Gasteiger partial charge is 0.197 e. The largest absolute Gasteiger partial charge is 0.458 e. The van der Waals surface area contributed by atoms with Crippen molar-refractivity contribution in [2.24, 2.45) is 0 Å². The SMILES string of the molecule is CCNc1cc(C2CC2)nc(-c2ccc(C)o2)n1. The minimum atomic E-state index is 0.611. The zero-order valence-electron chi connectivity index (χ0n) is 10.7. The summed E-state index contributed by atoms with van der Waals surface area (Å²) in [5.74, 6) is 3.81. The van der Waals surface area contributed by atoms with Crippen LogP contribution in [0.25, 0.3) is 11.6 Å². The Morgan fingerprint density at radius 1 is 1.33 bits per heavy atom. The molecule has 0 amide bonds. The van der Waals surface area contributed by atoms with E-state index in [1.165, 1.54) is 12.8 Å². The molecule has 1 saturated carbocycles. The van der Waals surface area contributed by atoms with Crippen molar-refractivity contribution in [2.75, 3.05) is 11.9 Å². The Morgan fingerprint density at radius 3 is 2.78 bits per heavy atom. The Labute approximate surface area is 106 Å². The minimum absolute atomic E-state index is 0.611. The van der Waals surface area contributed by atoms with E-state index in [0.717, 1.165) is 29.6 Å². The summed E-state index contributed by atoms with van der Waals surface area (Å²) in [6.07, 6.45) is 2.47. The van der Waals surface area contributed by atoms with E-state index in [1.807, 2.05) is 19.1 Å². The molecular formula is C14H17N3O. The molecule has 1 fully saturated rings. The molecule has 0 unspecified atom stereocenters. The van der Waals surface area contributed by atoms with E-state index >= 15 is 0 Å². The van der Waals surface area contributed by atoms with Gasteiger partial charge in [0.1, 0.15) is 11.6 Å². The Morgan fingerprint density at radius 2 is 2.17 bits per heavy atom. The lowest BCUT2D eigenvalue weighted by Gasteiger charge is -2.07.